The summed E-state index contributed by atoms with van der Waals surface area (Å²) in [6.45, 7) is 0. The smallest absolute Gasteiger partial charge is 0.0628 e. The predicted octanol–water partition coefficient (Wildman–Crippen LogP) is 4.30. The molecule has 1 unspecified atom stereocenters. The third-order valence-electron chi connectivity index (χ3n) is 6.21. The van der Waals surface area contributed by atoms with Gasteiger partial charge >= 0.3 is 0 Å². The molecule has 1 atom stereocenters. The fourth-order valence-corrected chi connectivity index (χ4v) is 5.97. The molecule has 4 bridgehead atoms. The standard InChI is InChI=1S/C18H22N2/c19-4-3-17(16-2-1-5-20-12-16)18-9-13-6-14(10-18)8-15(7-13)11-18/h1-2,5,12-15,17H,3,6-11H2. The number of pyridine rings is 1. The first-order valence-corrected chi connectivity index (χ1v) is 8.06. The van der Waals surface area contributed by atoms with Gasteiger partial charge in [-0.1, -0.05) is 6.07 Å². The minimum Gasteiger partial charge on any atom is -0.264 e. The van der Waals surface area contributed by atoms with Crippen molar-refractivity contribution >= 4 is 0 Å². The van der Waals surface area contributed by atoms with Crippen LogP contribution in [-0.4, -0.2) is 4.98 Å². The number of hydrogen-bond acceptors (Lipinski definition) is 2. The fraction of sp³-hybridized carbons (Fsp3) is 0.667. The lowest BCUT2D eigenvalue weighted by Crippen LogP contribution is -2.48. The van der Waals surface area contributed by atoms with Gasteiger partial charge in [0.25, 0.3) is 0 Å². The second-order valence-corrected chi connectivity index (χ2v) is 7.48. The van der Waals surface area contributed by atoms with Crippen molar-refractivity contribution < 1.29 is 0 Å². The second kappa shape index (κ2) is 4.58. The average Bonchev–Trinajstić information content (AvgIpc) is 2.44. The van der Waals surface area contributed by atoms with E-state index in [1.165, 1.54) is 44.1 Å². The molecule has 0 spiro atoms. The molecule has 0 aromatic carbocycles. The highest BCUT2D eigenvalue weighted by atomic mass is 14.6. The van der Waals surface area contributed by atoms with Crippen LogP contribution in [0.2, 0.25) is 0 Å². The zero-order valence-electron chi connectivity index (χ0n) is 12.0. The van der Waals surface area contributed by atoms with Gasteiger partial charge < -0.3 is 0 Å². The highest BCUT2D eigenvalue weighted by molar-refractivity contribution is 5.22. The Balaban J connectivity index is 1.71. The summed E-state index contributed by atoms with van der Waals surface area (Å²) in [5.41, 5.74) is 1.71. The van der Waals surface area contributed by atoms with Crippen LogP contribution in [0, 0.1) is 34.5 Å². The average molecular weight is 266 g/mol. The summed E-state index contributed by atoms with van der Waals surface area (Å²) >= 11 is 0. The van der Waals surface area contributed by atoms with Crippen molar-refractivity contribution in [2.45, 2.75) is 50.9 Å². The van der Waals surface area contributed by atoms with Crippen LogP contribution in [-0.2, 0) is 0 Å². The first-order valence-electron chi connectivity index (χ1n) is 8.06. The van der Waals surface area contributed by atoms with Gasteiger partial charge in [0, 0.05) is 24.7 Å². The zero-order chi connectivity index (χ0) is 13.6. The van der Waals surface area contributed by atoms with Crippen molar-refractivity contribution in [1.29, 1.82) is 5.26 Å². The number of aromatic nitrogens is 1. The van der Waals surface area contributed by atoms with Crippen LogP contribution in [0.4, 0.5) is 0 Å². The molecule has 4 saturated carbocycles. The normalized spacial score (nSPS) is 39.5. The summed E-state index contributed by atoms with van der Waals surface area (Å²) in [4.78, 5) is 4.31. The van der Waals surface area contributed by atoms with Crippen LogP contribution in [0.25, 0.3) is 0 Å². The van der Waals surface area contributed by atoms with Crippen molar-refractivity contribution in [2.75, 3.05) is 0 Å². The van der Waals surface area contributed by atoms with Gasteiger partial charge in [-0.2, -0.15) is 5.26 Å². The predicted molar refractivity (Wildman–Crippen MR) is 77.8 cm³/mol. The molecule has 1 aromatic heterocycles. The van der Waals surface area contributed by atoms with Gasteiger partial charge in [0.1, 0.15) is 0 Å². The summed E-state index contributed by atoms with van der Waals surface area (Å²) in [5, 5.41) is 9.33. The monoisotopic (exact) mass is 266 g/mol. The Labute approximate surface area is 121 Å². The van der Waals surface area contributed by atoms with E-state index in [-0.39, 0.29) is 0 Å². The third-order valence-corrected chi connectivity index (χ3v) is 6.21. The third kappa shape index (κ3) is 1.87. The summed E-state index contributed by atoms with van der Waals surface area (Å²) in [5.74, 6) is 3.24. The van der Waals surface area contributed by atoms with E-state index in [9.17, 15) is 5.26 Å². The zero-order valence-corrected chi connectivity index (χ0v) is 12.0. The molecule has 4 aliphatic carbocycles. The SMILES string of the molecule is N#CCC(c1cccnc1)C12CC3CC(CC(C3)C1)C2. The molecule has 1 aromatic rings. The number of nitriles is 1. The molecule has 0 radical (unpaired) electrons. The Morgan fingerprint density at radius 3 is 2.35 bits per heavy atom. The van der Waals surface area contributed by atoms with Gasteiger partial charge in [-0.3, -0.25) is 4.98 Å². The first-order chi connectivity index (χ1) is 9.79. The van der Waals surface area contributed by atoms with E-state index in [1.807, 2.05) is 18.5 Å². The maximum atomic E-state index is 9.33. The Hall–Kier alpha value is -1.36. The van der Waals surface area contributed by atoms with E-state index in [2.05, 4.69) is 17.1 Å². The lowest BCUT2D eigenvalue weighted by molar-refractivity contribution is -0.0680. The highest BCUT2D eigenvalue weighted by Gasteiger charge is 2.54. The van der Waals surface area contributed by atoms with E-state index < -0.39 is 0 Å². The van der Waals surface area contributed by atoms with Crippen LogP contribution in [0.15, 0.2) is 24.5 Å². The Bertz CT molecular complexity index is 493. The number of rotatable bonds is 3. The number of hydrogen-bond donors (Lipinski definition) is 0. The Kier molecular flexibility index (Phi) is 2.84. The Morgan fingerprint density at radius 1 is 1.20 bits per heavy atom. The molecule has 20 heavy (non-hydrogen) atoms. The molecule has 2 heteroatoms. The van der Waals surface area contributed by atoms with E-state index in [1.54, 1.807) is 0 Å². The lowest BCUT2D eigenvalue weighted by Gasteiger charge is -2.59. The van der Waals surface area contributed by atoms with Gasteiger partial charge in [-0.15, -0.1) is 0 Å². The summed E-state index contributed by atoms with van der Waals surface area (Å²) < 4.78 is 0. The van der Waals surface area contributed by atoms with Gasteiger partial charge in [0.15, 0.2) is 0 Å². The summed E-state index contributed by atoms with van der Waals surface area (Å²) in [6, 6.07) is 6.68. The minimum atomic E-state index is 0.410. The topological polar surface area (TPSA) is 36.7 Å². The maximum Gasteiger partial charge on any atom is 0.0628 e. The van der Waals surface area contributed by atoms with E-state index in [0.29, 0.717) is 17.8 Å². The van der Waals surface area contributed by atoms with Gasteiger partial charge in [-0.25, -0.2) is 0 Å². The minimum absolute atomic E-state index is 0.410. The molecule has 4 aliphatic rings. The van der Waals surface area contributed by atoms with Crippen LogP contribution >= 0.6 is 0 Å². The highest BCUT2D eigenvalue weighted by Crippen LogP contribution is 2.65. The van der Waals surface area contributed by atoms with Gasteiger partial charge in [-0.05, 0) is 73.3 Å². The van der Waals surface area contributed by atoms with Crippen LogP contribution in [0.5, 0.6) is 0 Å². The van der Waals surface area contributed by atoms with Crippen molar-refractivity contribution in [2.24, 2.45) is 23.2 Å². The maximum absolute atomic E-state index is 9.33. The first kappa shape index (κ1) is 12.4. The molecule has 2 nitrogen and oxygen atoms in total. The number of nitrogens with zero attached hydrogens (tertiary/aromatic N) is 2. The fourth-order valence-electron chi connectivity index (χ4n) is 5.97. The van der Waals surface area contributed by atoms with Crippen LogP contribution in [0.1, 0.15) is 56.4 Å². The molecular weight excluding hydrogens is 244 g/mol. The van der Waals surface area contributed by atoms with E-state index in [4.69, 9.17) is 0 Å². The van der Waals surface area contributed by atoms with Crippen molar-refractivity contribution in [3.8, 4) is 6.07 Å². The van der Waals surface area contributed by atoms with E-state index >= 15 is 0 Å². The molecular formula is C18H22N2. The molecule has 5 rings (SSSR count). The molecule has 0 amide bonds. The largest absolute Gasteiger partial charge is 0.264 e. The van der Waals surface area contributed by atoms with Crippen LogP contribution in [0.3, 0.4) is 0 Å². The van der Waals surface area contributed by atoms with Gasteiger partial charge in [0.2, 0.25) is 0 Å². The lowest BCUT2D eigenvalue weighted by atomic mass is 9.45. The van der Waals surface area contributed by atoms with Crippen LogP contribution < -0.4 is 0 Å². The molecule has 0 aliphatic heterocycles. The summed E-state index contributed by atoms with van der Waals surface area (Å²) in [6.07, 6.45) is 13.0. The van der Waals surface area contributed by atoms with E-state index in [0.717, 1.165) is 17.8 Å². The molecule has 0 saturated heterocycles. The molecule has 4 fully saturated rings. The molecule has 104 valence electrons. The van der Waals surface area contributed by atoms with Gasteiger partial charge in [0.05, 0.1) is 6.07 Å². The second-order valence-electron chi connectivity index (χ2n) is 7.48. The van der Waals surface area contributed by atoms with Crippen molar-refractivity contribution in [1.82, 2.24) is 4.98 Å². The van der Waals surface area contributed by atoms with Crippen molar-refractivity contribution in [3.05, 3.63) is 30.1 Å². The molecule has 0 N–H and O–H groups in total. The molecule has 1 heterocycles. The summed E-state index contributed by atoms with van der Waals surface area (Å²) in [7, 11) is 0. The Morgan fingerprint density at radius 2 is 1.85 bits per heavy atom. The van der Waals surface area contributed by atoms with Crippen molar-refractivity contribution in [3.63, 3.8) is 0 Å². The quantitative estimate of drug-likeness (QED) is 0.818.